The van der Waals surface area contributed by atoms with Crippen LogP contribution < -0.4 is 21.3 Å². The molecule has 0 aliphatic heterocycles. The van der Waals surface area contributed by atoms with Crippen LogP contribution in [0.2, 0.25) is 0 Å². The van der Waals surface area contributed by atoms with Crippen LogP contribution in [0.5, 0.6) is 5.75 Å². The molecule has 0 amide bonds. The van der Waals surface area contributed by atoms with Crippen molar-refractivity contribution in [3.63, 3.8) is 0 Å². The Morgan fingerprint density at radius 2 is 1.86 bits per heavy atom. The average molecular weight is 289 g/mol. The Morgan fingerprint density at radius 3 is 2.57 bits per heavy atom. The summed E-state index contributed by atoms with van der Waals surface area (Å²) in [5.74, 6) is 0.817. The smallest absolute Gasteiger partial charge is 0.330 e. The molecule has 0 radical (unpaired) electrons. The summed E-state index contributed by atoms with van der Waals surface area (Å²) in [6.45, 7) is 1.52. The van der Waals surface area contributed by atoms with E-state index in [1.807, 2.05) is 30.3 Å². The summed E-state index contributed by atoms with van der Waals surface area (Å²) in [7, 11) is 3.11. The van der Waals surface area contributed by atoms with Crippen molar-refractivity contribution in [3.05, 3.63) is 62.9 Å². The first kappa shape index (κ1) is 15.1. The number of hydrogen-bond donors (Lipinski definition) is 1. The van der Waals surface area contributed by atoms with E-state index in [0.717, 1.165) is 10.3 Å². The highest BCUT2D eigenvalue weighted by Gasteiger charge is 2.05. The molecule has 0 bridgehead atoms. The number of benzene rings is 1. The van der Waals surface area contributed by atoms with Crippen LogP contribution in [0.4, 0.5) is 0 Å². The number of nitrogens with one attached hydrogen (secondary N) is 1. The second-order valence-electron chi connectivity index (χ2n) is 4.75. The maximum atomic E-state index is 11.9. The fourth-order valence-electron chi connectivity index (χ4n) is 1.99. The van der Waals surface area contributed by atoms with Gasteiger partial charge in [-0.2, -0.15) is 0 Å². The van der Waals surface area contributed by atoms with Crippen molar-refractivity contribution in [3.8, 4) is 5.75 Å². The lowest BCUT2D eigenvalue weighted by Gasteiger charge is -2.09. The number of rotatable bonds is 6. The molecule has 112 valence electrons. The normalized spacial score (nSPS) is 10.6. The molecule has 0 fully saturated rings. The van der Waals surface area contributed by atoms with Crippen molar-refractivity contribution in [2.75, 3.05) is 13.2 Å². The number of ether oxygens (including phenoxy) is 1. The van der Waals surface area contributed by atoms with Gasteiger partial charge in [0.2, 0.25) is 0 Å². The average Bonchev–Trinajstić information content (AvgIpc) is 2.50. The molecule has 1 heterocycles. The van der Waals surface area contributed by atoms with Gasteiger partial charge >= 0.3 is 5.69 Å². The molecule has 0 atom stereocenters. The monoisotopic (exact) mass is 289 g/mol. The van der Waals surface area contributed by atoms with E-state index in [2.05, 4.69) is 5.32 Å². The molecule has 2 aromatic rings. The fourth-order valence-corrected chi connectivity index (χ4v) is 1.99. The van der Waals surface area contributed by atoms with Crippen LogP contribution in [0.3, 0.4) is 0 Å². The van der Waals surface area contributed by atoms with Crippen LogP contribution in [0.1, 0.15) is 5.56 Å². The summed E-state index contributed by atoms with van der Waals surface area (Å²) in [5.41, 5.74) is -0.0370. The Morgan fingerprint density at radius 1 is 1.14 bits per heavy atom. The van der Waals surface area contributed by atoms with E-state index in [4.69, 9.17) is 4.74 Å². The van der Waals surface area contributed by atoms with Gasteiger partial charge in [-0.15, -0.1) is 0 Å². The second-order valence-corrected chi connectivity index (χ2v) is 4.75. The summed E-state index contributed by atoms with van der Waals surface area (Å²) in [6, 6.07) is 9.54. The van der Waals surface area contributed by atoms with Crippen molar-refractivity contribution in [2.45, 2.75) is 6.54 Å². The standard InChI is InChI=1S/C15H19N3O3/c1-17-11-12(14(19)18(2)15(17)20)10-16-8-9-21-13-6-4-3-5-7-13/h3-7,11,16H,8-10H2,1-2H3. The first-order valence-corrected chi connectivity index (χ1v) is 6.73. The largest absolute Gasteiger partial charge is 0.492 e. The van der Waals surface area contributed by atoms with Gasteiger partial charge < -0.3 is 14.6 Å². The van der Waals surface area contributed by atoms with Crippen LogP contribution in [0, 0.1) is 0 Å². The molecule has 21 heavy (non-hydrogen) atoms. The van der Waals surface area contributed by atoms with E-state index in [1.165, 1.54) is 11.6 Å². The van der Waals surface area contributed by atoms with Crippen LogP contribution in [0.25, 0.3) is 0 Å². The summed E-state index contributed by atoms with van der Waals surface area (Å²) in [4.78, 5) is 23.5. The Hall–Kier alpha value is -2.34. The van der Waals surface area contributed by atoms with Gasteiger partial charge in [0.05, 0.1) is 0 Å². The SMILES string of the molecule is Cn1cc(CNCCOc2ccccc2)c(=O)n(C)c1=O. The fraction of sp³-hybridized carbons (Fsp3) is 0.333. The molecule has 0 spiro atoms. The van der Waals surface area contributed by atoms with Gasteiger partial charge in [0.15, 0.2) is 0 Å². The zero-order chi connectivity index (χ0) is 15.2. The molecule has 1 N–H and O–H groups in total. The van der Waals surface area contributed by atoms with E-state index in [9.17, 15) is 9.59 Å². The summed E-state index contributed by atoms with van der Waals surface area (Å²) in [5, 5.41) is 3.13. The molecule has 0 aliphatic rings. The molecular formula is C15H19N3O3. The number of nitrogens with zero attached hydrogens (tertiary/aromatic N) is 2. The number of para-hydroxylation sites is 1. The summed E-state index contributed by atoms with van der Waals surface area (Å²) < 4.78 is 8.05. The quantitative estimate of drug-likeness (QED) is 0.774. The Labute approximate surface area is 122 Å². The highest BCUT2D eigenvalue weighted by atomic mass is 16.5. The zero-order valence-electron chi connectivity index (χ0n) is 12.2. The Balaban J connectivity index is 1.84. The second kappa shape index (κ2) is 6.90. The molecule has 0 saturated heterocycles. The summed E-state index contributed by atoms with van der Waals surface area (Å²) in [6.07, 6.45) is 1.57. The van der Waals surface area contributed by atoms with Gasteiger partial charge in [-0.1, -0.05) is 18.2 Å². The van der Waals surface area contributed by atoms with E-state index in [1.54, 1.807) is 13.2 Å². The number of hydrogen-bond acceptors (Lipinski definition) is 4. The predicted molar refractivity (Wildman–Crippen MR) is 80.6 cm³/mol. The molecule has 1 aromatic carbocycles. The zero-order valence-corrected chi connectivity index (χ0v) is 12.2. The first-order chi connectivity index (χ1) is 10.1. The van der Waals surface area contributed by atoms with E-state index >= 15 is 0 Å². The first-order valence-electron chi connectivity index (χ1n) is 6.73. The van der Waals surface area contributed by atoms with Gasteiger partial charge in [0.1, 0.15) is 12.4 Å². The van der Waals surface area contributed by atoms with Crippen LogP contribution >= 0.6 is 0 Å². The molecule has 1 aromatic heterocycles. The highest BCUT2D eigenvalue weighted by Crippen LogP contribution is 2.07. The maximum absolute atomic E-state index is 11.9. The molecule has 6 nitrogen and oxygen atoms in total. The van der Waals surface area contributed by atoms with Gasteiger partial charge in [0.25, 0.3) is 5.56 Å². The highest BCUT2D eigenvalue weighted by molar-refractivity contribution is 5.20. The Kier molecular flexibility index (Phi) is 4.94. The third-order valence-electron chi connectivity index (χ3n) is 3.12. The van der Waals surface area contributed by atoms with E-state index in [0.29, 0.717) is 25.3 Å². The van der Waals surface area contributed by atoms with Gasteiger partial charge in [-0.05, 0) is 12.1 Å². The lowest BCUT2D eigenvalue weighted by molar-refractivity contribution is 0.313. The van der Waals surface area contributed by atoms with Crippen LogP contribution in [-0.4, -0.2) is 22.3 Å². The summed E-state index contributed by atoms with van der Waals surface area (Å²) >= 11 is 0. The maximum Gasteiger partial charge on any atom is 0.330 e. The number of aryl methyl sites for hydroxylation is 1. The lowest BCUT2D eigenvalue weighted by atomic mass is 10.3. The molecular weight excluding hydrogens is 270 g/mol. The van der Waals surface area contributed by atoms with Crippen molar-refractivity contribution >= 4 is 0 Å². The van der Waals surface area contributed by atoms with Crippen molar-refractivity contribution in [1.82, 2.24) is 14.5 Å². The molecule has 6 heteroatoms. The van der Waals surface area contributed by atoms with Crippen LogP contribution in [0.15, 0.2) is 46.1 Å². The molecule has 0 saturated carbocycles. The van der Waals surface area contributed by atoms with E-state index < -0.39 is 0 Å². The topological polar surface area (TPSA) is 65.3 Å². The minimum atomic E-state index is -0.323. The van der Waals surface area contributed by atoms with Crippen molar-refractivity contribution in [2.24, 2.45) is 14.1 Å². The predicted octanol–water partition coefficient (Wildman–Crippen LogP) is 0.253. The number of aromatic nitrogens is 2. The molecule has 2 rings (SSSR count). The van der Waals surface area contributed by atoms with Gasteiger partial charge in [-0.25, -0.2) is 4.79 Å². The van der Waals surface area contributed by atoms with Crippen molar-refractivity contribution in [1.29, 1.82) is 0 Å². The molecule has 0 unspecified atom stereocenters. The minimum absolute atomic E-state index is 0.269. The minimum Gasteiger partial charge on any atom is -0.492 e. The Bertz CT molecular complexity index is 704. The van der Waals surface area contributed by atoms with E-state index in [-0.39, 0.29) is 11.2 Å². The third-order valence-corrected chi connectivity index (χ3v) is 3.12. The van der Waals surface area contributed by atoms with Crippen molar-refractivity contribution < 1.29 is 4.74 Å². The third kappa shape index (κ3) is 3.82. The van der Waals surface area contributed by atoms with Gasteiger partial charge in [-0.3, -0.25) is 9.36 Å². The lowest BCUT2D eigenvalue weighted by Crippen LogP contribution is -2.39. The van der Waals surface area contributed by atoms with Gasteiger partial charge in [0, 0.05) is 38.9 Å². The van der Waals surface area contributed by atoms with Crippen LogP contribution in [-0.2, 0) is 20.6 Å². The molecule has 0 aliphatic carbocycles.